The van der Waals surface area contributed by atoms with Gasteiger partial charge in [0.05, 0.1) is 22.2 Å². The molecule has 1 nitrogen and oxygen atoms in total. The van der Waals surface area contributed by atoms with E-state index >= 15 is 0 Å². The molecule has 11 aromatic carbocycles. The monoisotopic (exact) mass is 899 g/mol. The minimum atomic E-state index is -2.75. The Morgan fingerprint density at radius 2 is 0.586 bits per heavy atom. The predicted molar refractivity (Wildman–Crippen MR) is 290 cm³/mol. The van der Waals surface area contributed by atoms with Crippen molar-refractivity contribution in [1.82, 2.24) is 0 Å². The molecule has 70 heavy (non-hydrogen) atoms. The van der Waals surface area contributed by atoms with Gasteiger partial charge in [-0.05, 0) is 151 Å². The number of hydrogen-bond donors (Lipinski definition) is 0. The average molecular weight is 900 g/mol. The van der Waals surface area contributed by atoms with Gasteiger partial charge >= 0.3 is 0 Å². The van der Waals surface area contributed by atoms with Crippen LogP contribution in [0.1, 0.15) is 44.5 Å². The second-order valence-corrected chi connectivity index (χ2v) is 23.8. The summed E-state index contributed by atoms with van der Waals surface area (Å²) in [6.45, 7) is 0. The molecule has 0 radical (unpaired) electrons. The maximum atomic E-state index is 2.67. The van der Waals surface area contributed by atoms with Crippen molar-refractivity contribution in [2.24, 2.45) is 0 Å². The van der Waals surface area contributed by atoms with E-state index in [0.717, 1.165) is 0 Å². The first kappa shape index (κ1) is 37.4. The standard InChI is InChI=1S/C68H41NSi/c1-9-27-53-43(19-1)44-20-2-10-28-54(44)67(53)57-31-13-5-23-47(57)52-40-60-62(41-59(52)67)69(61-33-15-14-32-58(61)68(60)55-29-11-3-21-45(55)46-22-4-12-30-56(46)68)42-37-38-51-50-26-8-18-36-65(50)70(66(51)39-42)63-34-16-6-24-48(63)49-25-7-17-35-64(49)70/h1-41H. The molecule has 0 aromatic heterocycles. The van der Waals surface area contributed by atoms with Crippen LogP contribution in [0.4, 0.5) is 17.1 Å². The van der Waals surface area contributed by atoms with Crippen molar-refractivity contribution in [2.75, 3.05) is 4.90 Å². The third kappa shape index (κ3) is 4.07. The van der Waals surface area contributed by atoms with Crippen molar-refractivity contribution in [3.63, 3.8) is 0 Å². The van der Waals surface area contributed by atoms with Crippen molar-refractivity contribution < 1.29 is 0 Å². The van der Waals surface area contributed by atoms with E-state index in [1.165, 1.54) is 138 Å². The third-order valence-corrected chi connectivity index (χ3v) is 22.5. The van der Waals surface area contributed by atoms with Gasteiger partial charge in [-0.2, -0.15) is 0 Å². The smallest absolute Gasteiger partial charge is 0.182 e. The molecule has 0 fully saturated rings. The summed E-state index contributed by atoms with van der Waals surface area (Å²) in [6, 6.07) is 96.3. The Balaban J connectivity index is 1.02. The molecule has 3 aliphatic carbocycles. The van der Waals surface area contributed by atoms with Gasteiger partial charge in [0.25, 0.3) is 0 Å². The zero-order valence-corrected chi connectivity index (χ0v) is 39.1. The van der Waals surface area contributed by atoms with Gasteiger partial charge in [0, 0.05) is 5.69 Å². The van der Waals surface area contributed by atoms with Crippen LogP contribution >= 0.6 is 0 Å². The zero-order valence-electron chi connectivity index (χ0n) is 38.1. The van der Waals surface area contributed by atoms with Crippen LogP contribution in [0.5, 0.6) is 0 Å². The molecule has 11 aromatic rings. The zero-order chi connectivity index (χ0) is 45.5. The first-order chi connectivity index (χ1) is 34.7. The Kier molecular flexibility index (Phi) is 6.92. The van der Waals surface area contributed by atoms with Crippen LogP contribution in [-0.4, -0.2) is 8.07 Å². The predicted octanol–water partition coefficient (Wildman–Crippen LogP) is 13.5. The molecule has 0 saturated heterocycles. The normalized spacial score (nSPS) is 15.7. The highest BCUT2D eigenvalue weighted by Crippen LogP contribution is 2.68. The quantitative estimate of drug-likeness (QED) is 0.148. The Morgan fingerprint density at radius 1 is 0.229 bits per heavy atom. The molecule has 2 heteroatoms. The summed E-state index contributed by atoms with van der Waals surface area (Å²) < 4.78 is 0. The fourth-order valence-corrected chi connectivity index (χ4v) is 20.8. The lowest BCUT2D eigenvalue weighted by Crippen LogP contribution is -2.70. The number of anilines is 3. The van der Waals surface area contributed by atoms with Gasteiger partial charge in [-0.3, -0.25) is 0 Å². The van der Waals surface area contributed by atoms with E-state index in [1.54, 1.807) is 0 Å². The summed E-state index contributed by atoms with van der Waals surface area (Å²) in [4.78, 5) is 2.67. The second kappa shape index (κ2) is 12.9. The lowest BCUT2D eigenvalue weighted by atomic mass is 9.63. The first-order valence-electron chi connectivity index (χ1n) is 24.8. The molecular weight excluding hydrogens is 859 g/mol. The highest BCUT2D eigenvalue weighted by Gasteiger charge is 2.58. The van der Waals surface area contributed by atoms with Crippen LogP contribution in [0.2, 0.25) is 0 Å². The van der Waals surface area contributed by atoms with Crippen LogP contribution in [-0.2, 0) is 10.8 Å². The number of fused-ring (bicyclic) bond motifs is 29. The van der Waals surface area contributed by atoms with Crippen molar-refractivity contribution in [1.29, 1.82) is 0 Å². The number of hydrogen-bond acceptors (Lipinski definition) is 1. The molecule has 0 amide bonds. The van der Waals surface area contributed by atoms with E-state index in [9.17, 15) is 0 Å². The van der Waals surface area contributed by atoms with E-state index in [2.05, 4.69) is 254 Å². The van der Waals surface area contributed by atoms with E-state index in [1.807, 2.05) is 0 Å². The van der Waals surface area contributed by atoms with Gasteiger partial charge in [-0.15, -0.1) is 0 Å². The molecule has 0 N–H and O–H groups in total. The Morgan fingerprint density at radius 3 is 1.06 bits per heavy atom. The molecule has 0 unspecified atom stereocenters. The molecule has 6 aliphatic rings. The summed E-state index contributed by atoms with van der Waals surface area (Å²) in [5.41, 5.74) is 26.7. The largest absolute Gasteiger partial charge is 0.310 e. The lowest BCUT2D eigenvalue weighted by Gasteiger charge is -2.46. The Hall–Kier alpha value is -8.56. The summed E-state index contributed by atoms with van der Waals surface area (Å²) in [6.07, 6.45) is 0. The van der Waals surface area contributed by atoms with Crippen molar-refractivity contribution in [3.8, 4) is 55.6 Å². The molecule has 3 heterocycles. The van der Waals surface area contributed by atoms with Crippen LogP contribution in [0.3, 0.4) is 0 Å². The molecule has 322 valence electrons. The molecular formula is C68H41NSi. The summed E-state index contributed by atoms with van der Waals surface area (Å²) in [5.74, 6) is 0. The lowest BCUT2D eigenvalue weighted by molar-refractivity contribution is 0.747. The minimum Gasteiger partial charge on any atom is -0.310 e. The highest BCUT2D eigenvalue weighted by atomic mass is 28.3. The summed E-state index contributed by atoms with van der Waals surface area (Å²) >= 11 is 0. The fourth-order valence-electron chi connectivity index (χ4n) is 15.2. The third-order valence-electron chi connectivity index (χ3n) is 17.5. The first-order valence-corrected chi connectivity index (χ1v) is 26.8. The van der Waals surface area contributed by atoms with E-state index in [4.69, 9.17) is 0 Å². The molecule has 0 atom stereocenters. The fraction of sp³-hybridized carbons (Fsp3) is 0.0294. The number of para-hydroxylation sites is 1. The van der Waals surface area contributed by atoms with Crippen LogP contribution in [0, 0.1) is 0 Å². The topological polar surface area (TPSA) is 3.24 Å². The van der Waals surface area contributed by atoms with E-state index < -0.39 is 18.9 Å². The maximum absolute atomic E-state index is 2.75. The van der Waals surface area contributed by atoms with Gasteiger partial charge in [-0.1, -0.05) is 218 Å². The van der Waals surface area contributed by atoms with Gasteiger partial charge in [0.15, 0.2) is 8.07 Å². The molecule has 0 saturated carbocycles. The van der Waals surface area contributed by atoms with Crippen molar-refractivity contribution in [3.05, 3.63) is 293 Å². The molecule has 17 rings (SSSR count). The van der Waals surface area contributed by atoms with Crippen molar-refractivity contribution >= 4 is 45.9 Å². The summed E-state index contributed by atoms with van der Waals surface area (Å²) in [7, 11) is -2.75. The Bertz CT molecular complexity index is 4020. The maximum Gasteiger partial charge on any atom is 0.182 e. The van der Waals surface area contributed by atoms with Gasteiger partial charge < -0.3 is 4.90 Å². The SMILES string of the molecule is c1ccc2c(c1)-c1ccccc1C21c2ccccc2-c2cc3c(cc21)N(c1ccc2c(c1)[Si]1(c4ccccc4-c4ccccc41)c1ccccc1-2)c1ccccc1C31c2ccccc2-c2ccccc21. The van der Waals surface area contributed by atoms with E-state index in [0.29, 0.717) is 0 Å². The van der Waals surface area contributed by atoms with Crippen LogP contribution in [0.15, 0.2) is 249 Å². The summed E-state index contributed by atoms with van der Waals surface area (Å²) in [5, 5.41) is 5.96. The van der Waals surface area contributed by atoms with Crippen molar-refractivity contribution in [2.45, 2.75) is 10.8 Å². The minimum absolute atomic E-state index is 0.497. The Labute approximate surface area is 408 Å². The number of benzene rings is 11. The van der Waals surface area contributed by atoms with Gasteiger partial charge in [0.1, 0.15) is 0 Å². The molecule has 0 bridgehead atoms. The molecule has 3 spiro atoms. The highest BCUT2D eigenvalue weighted by molar-refractivity contribution is 7.24. The van der Waals surface area contributed by atoms with Gasteiger partial charge in [-0.25, -0.2) is 0 Å². The second-order valence-electron chi connectivity index (χ2n) is 20.1. The van der Waals surface area contributed by atoms with Gasteiger partial charge in [0.2, 0.25) is 0 Å². The van der Waals surface area contributed by atoms with E-state index in [-0.39, 0.29) is 0 Å². The molecule has 3 aliphatic heterocycles. The van der Waals surface area contributed by atoms with Crippen LogP contribution in [0.25, 0.3) is 55.6 Å². The number of rotatable bonds is 1. The average Bonchev–Trinajstić information content (AvgIpc) is 4.17. The van der Waals surface area contributed by atoms with Crippen LogP contribution < -0.4 is 25.6 Å². The number of nitrogens with zero attached hydrogens (tertiary/aromatic N) is 1.